The van der Waals surface area contributed by atoms with Gasteiger partial charge in [-0.1, -0.05) is 24.3 Å². The number of aromatic nitrogens is 3. The zero-order valence-electron chi connectivity index (χ0n) is 15.1. The highest BCUT2D eigenvalue weighted by atomic mass is 16.2. The van der Waals surface area contributed by atoms with Crippen molar-refractivity contribution in [3.05, 3.63) is 60.2 Å². The average molecular weight is 359 g/mol. The first-order chi connectivity index (χ1) is 13.3. The second-order valence-corrected chi connectivity index (χ2v) is 7.30. The van der Waals surface area contributed by atoms with Crippen LogP contribution in [-0.2, 0) is 17.8 Å². The lowest BCUT2D eigenvalue weighted by Crippen LogP contribution is -2.40. The molecule has 6 heteroatoms. The molecule has 1 atom stereocenters. The van der Waals surface area contributed by atoms with Crippen LogP contribution >= 0.6 is 0 Å². The second kappa shape index (κ2) is 6.61. The van der Waals surface area contributed by atoms with Crippen molar-refractivity contribution in [2.24, 2.45) is 5.92 Å². The lowest BCUT2D eigenvalue weighted by atomic mass is 9.98. The Morgan fingerprint density at radius 1 is 1.07 bits per heavy atom. The number of amides is 1. The Balaban J connectivity index is 1.33. The molecule has 0 aliphatic carbocycles. The van der Waals surface area contributed by atoms with E-state index in [0.717, 1.165) is 49.2 Å². The number of hydrogen-bond donors (Lipinski definition) is 0. The van der Waals surface area contributed by atoms with Crippen LogP contribution in [0.3, 0.4) is 0 Å². The summed E-state index contributed by atoms with van der Waals surface area (Å²) in [5.41, 5.74) is 3.49. The number of fused-ring (bicyclic) bond motifs is 2. The van der Waals surface area contributed by atoms with Crippen molar-refractivity contribution in [3.8, 4) is 0 Å². The molecular weight excluding hydrogens is 338 g/mol. The number of benzene rings is 1. The van der Waals surface area contributed by atoms with Gasteiger partial charge in [0.1, 0.15) is 12.1 Å². The fourth-order valence-corrected chi connectivity index (χ4v) is 4.24. The van der Waals surface area contributed by atoms with Gasteiger partial charge in [0.25, 0.3) is 0 Å². The van der Waals surface area contributed by atoms with Crippen LogP contribution in [0.4, 0.5) is 5.82 Å². The third-order valence-electron chi connectivity index (χ3n) is 5.70. The maximum absolute atomic E-state index is 13.1. The summed E-state index contributed by atoms with van der Waals surface area (Å²) in [6.45, 7) is 3.10. The quantitative estimate of drug-likeness (QED) is 0.703. The average Bonchev–Trinajstić information content (AvgIpc) is 3.22. The molecule has 1 fully saturated rings. The maximum Gasteiger partial charge on any atom is 0.227 e. The Hall–Kier alpha value is -3.02. The van der Waals surface area contributed by atoms with Crippen molar-refractivity contribution >= 4 is 22.6 Å². The number of carbonyl (C=O) groups excluding carboxylic acids is 1. The van der Waals surface area contributed by atoms with Gasteiger partial charge in [0.15, 0.2) is 0 Å². The van der Waals surface area contributed by atoms with E-state index in [9.17, 15) is 4.79 Å². The Morgan fingerprint density at radius 3 is 2.89 bits per heavy atom. The summed E-state index contributed by atoms with van der Waals surface area (Å²) in [6.07, 6.45) is 6.91. The van der Waals surface area contributed by atoms with E-state index in [1.807, 2.05) is 11.0 Å². The van der Waals surface area contributed by atoms with E-state index < -0.39 is 0 Å². The standard InChI is InChI=1S/C21H21N5O/c27-21(26-10-6-15-3-1-2-4-16(15)12-26)17-7-9-25(13-17)20-18-5-8-22-11-19(18)23-14-24-20/h1-5,8,11,14,17H,6-7,9-10,12-13H2. The molecular formula is C21H21N5O. The highest BCUT2D eigenvalue weighted by Gasteiger charge is 2.33. The molecule has 0 N–H and O–H groups in total. The van der Waals surface area contributed by atoms with Crippen molar-refractivity contribution in [3.63, 3.8) is 0 Å². The van der Waals surface area contributed by atoms with Crippen LogP contribution < -0.4 is 4.90 Å². The van der Waals surface area contributed by atoms with E-state index in [2.05, 4.69) is 44.1 Å². The van der Waals surface area contributed by atoms with Crippen molar-refractivity contribution < 1.29 is 4.79 Å². The zero-order chi connectivity index (χ0) is 18.2. The van der Waals surface area contributed by atoms with Gasteiger partial charge in [-0.05, 0) is 30.0 Å². The SMILES string of the molecule is O=C(C1CCN(c2ncnc3cnccc23)C1)N1CCc2ccccc2C1. The molecule has 6 nitrogen and oxygen atoms in total. The maximum atomic E-state index is 13.1. The Kier molecular flexibility index (Phi) is 3.96. The molecule has 0 radical (unpaired) electrons. The summed E-state index contributed by atoms with van der Waals surface area (Å²) in [6, 6.07) is 10.4. The normalized spacial score (nSPS) is 19.3. The van der Waals surface area contributed by atoms with Gasteiger partial charge in [0, 0.05) is 37.8 Å². The highest BCUT2D eigenvalue weighted by Crippen LogP contribution is 2.29. The molecule has 4 heterocycles. The summed E-state index contributed by atoms with van der Waals surface area (Å²) in [5.74, 6) is 1.20. The molecule has 1 amide bonds. The van der Waals surface area contributed by atoms with Crippen molar-refractivity contribution in [2.75, 3.05) is 24.5 Å². The number of pyridine rings is 1. The van der Waals surface area contributed by atoms with Crippen LogP contribution in [0.1, 0.15) is 17.5 Å². The van der Waals surface area contributed by atoms with E-state index in [0.29, 0.717) is 6.54 Å². The Morgan fingerprint density at radius 2 is 1.96 bits per heavy atom. The van der Waals surface area contributed by atoms with Crippen LogP contribution in [-0.4, -0.2) is 45.4 Å². The smallest absolute Gasteiger partial charge is 0.227 e. The summed E-state index contributed by atoms with van der Waals surface area (Å²) in [7, 11) is 0. The Bertz CT molecular complexity index is 999. The molecule has 1 aromatic carbocycles. The summed E-state index contributed by atoms with van der Waals surface area (Å²) < 4.78 is 0. The van der Waals surface area contributed by atoms with Gasteiger partial charge in [-0.15, -0.1) is 0 Å². The van der Waals surface area contributed by atoms with Gasteiger partial charge < -0.3 is 9.80 Å². The molecule has 2 aromatic heterocycles. The van der Waals surface area contributed by atoms with Gasteiger partial charge in [-0.3, -0.25) is 9.78 Å². The number of nitrogens with zero attached hydrogens (tertiary/aromatic N) is 5. The lowest BCUT2D eigenvalue weighted by molar-refractivity contribution is -0.135. The van der Waals surface area contributed by atoms with E-state index in [1.54, 1.807) is 18.7 Å². The van der Waals surface area contributed by atoms with Crippen molar-refractivity contribution in [1.82, 2.24) is 19.9 Å². The van der Waals surface area contributed by atoms with Crippen LogP contribution in [0.2, 0.25) is 0 Å². The predicted octanol–water partition coefficient (Wildman–Crippen LogP) is 2.44. The fourth-order valence-electron chi connectivity index (χ4n) is 4.24. The van der Waals surface area contributed by atoms with Crippen LogP contribution in [0.5, 0.6) is 0 Å². The van der Waals surface area contributed by atoms with Crippen LogP contribution in [0.15, 0.2) is 49.1 Å². The summed E-state index contributed by atoms with van der Waals surface area (Å²) in [4.78, 5) is 30.3. The highest BCUT2D eigenvalue weighted by molar-refractivity contribution is 5.89. The molecule has 27 heavy (non-hydrogen) atoms. The monoisotopic (exact) mass is 359 g/mol. The zero-order valence-corrected chi connectivity index (χ0v) is 15.1. The van der Waals surface area contributed by atoms with Crippen LogP contribution in [0, 0.1) is 5.92 Å². The van der Waals surface area contributed by atoms with E-state index in [1.165, 1.54) is 11.1 Å². The van der Waals surface area contributed by atoms with E-state index >= 15 is 0 Å². The summed E-state index contributed by atoms with van der Waals surface area (Å²) >= 11 is 0. The number of carbonyl (C=O) groups is 1. The lowest BCUT2D eigenvalue weighted by Gasteiger charge is -2.31. The molecule has 5 rings (SSSR count). The fraction of sp³-hybridized carbons (Fsp3) is 0.333. The number of anilines is 1. The molecule has 136 valence electrons. The van der Waals surface area contributed by atoms with Crippen molar-refractivity contribution in [1.29, 1.82) is 0 Å². The first-order valence-corrected chi connectivity index (χ1v) is 9.45. The third kappa shape index (κ3) is 2.91. The minimum Gasteiger partial charge on any atom is -0.355 e. The number of hydrogen-bond acceptors (Lipinski definition) is 5. The topological polar surface area (TPSA) is 62.2 Å². The third-order valence-corrected chi connectivity index (χ3v) is 5.70. The van der Waals surface area contributed by atoms with Gasteiger partial charge in [-0.25, -0.2) is 9.97 Å². The molecule has 1 unspecified atom stereocenters. The Labute approximate surface area is 157 Å². The minimum absolute atomic E-state index is 0.0297. The van der Waals surface area contributed by atoms with E-state index in [4.69, 9.17) is 0 Å². The largest absolute Gasteiger partial charge is 0.355 e. The van der Waals surface area contributed by atoms with Gasteiger partial charge in [0.05, 0.1) is 17.6 Å². The second-order valence-electron chi connectivity index (χ2n) is 7.30. The first kappa shape index (κ1) is 16.2. The van der Waals surface area contributed by atoms with Gasteiger partial charge in [0.2, 0.25) is 5.91 Å². The minimum atomic E-state index is 0.0297. The van der Waals surface area contributed by atoms with Crippen molar-refractivity contribution in [2.45, 2.75) is 19.4 Å². The van der Waals surface area contributed by atoms with E-state index in [-0.39, 0.29) is 11.8 Å². The first-order valence-electron chi connectivity index (χ1n) is 9.45. The molecule has 1 saturated heterocycles. The molecule has 2 aliphatic rings. The predicted molar refractivity (Wildman–Crippen MR) is 103 cm³/mol. The number of rotatable bonds is 2. The van der Waals surface area contributed by atoms with Gasteiger partial charge in [-0.2, -0.15) is 0 Å². The molecule has 2 aliphatic heterocycles. The summed E-state index contributed by atoms with van der Waals surface area (Å²) in [5, 5.41) is 0.993. The van der Waals surface area contributed by atoms with Crippen LogP contribution in [0.25, 0.3) is 10.9 Å². The molecule has 3 aromatic rings. The molecule has 0 bridgehead atoms. The molecule has 0 saturated carbocycles. The van der Waals surface area contributed by atoms with Gasteiger partial charge >= 0.3 is 0 Å². The molecule has 0 spiro atoms.